The summed E-state index contributed by atoms with van der Waals surface area (Å²) in [7, 11) is 0. The van der Waals surface area contributed by atoms with Crippen molar-refractivity contribution < 1.29 is 34.5 Å². The van der Waals surface area contributed by atoms with E-state index in [1.54, 1.807) is 14.7 Å². The third kappa shape index (κ3) is 6.75. The maximum Gasteiger partial charge on any atom is 0.351 e. The first-order valence-electron chi connectivity index (χ1n) is 18.9. The molecule has 15 heteroatoms. The summed E-state index contributed by atoms with van der Waals surface area (Å²) in [6.07, 6.45) is 5.37. The number of amides is 2. The summed E-state index contributed by atoms with van der Waals surface area (Å²) in [5.41, 5.74) is 5.31. The van der Waals surface area contributed by atoms with Gasteiger partial charge in [0.1, 0.15) is 6.04 Å². The Hall–Kier alpha value is -4.54. The van der Waals surface area contributed by atoms with Gasteiger partial charge >= 0.3 is 11.9 Å². The van der Waals surface area contributed by atoms with Crippen LogP contribution in [0.25, 0.3) is 11.1 Å². The summed E-state index contributed by atoms with van der Waals surface area (Å²) in [5.74, 6) is -2.44. The zero-order chi connectivity index (χ0) is 38.6. The first kappa shape index (κ1) is 37.4. The Morgan fingerprint density at radius 1 is 0.745 bits per heavy atom. The molecule has 2 saturated heterocycles. The number of carbonyl (C=O) groups is 4. The molecule has 4 aliphatic rings. The Morgan fingerprint density at radius 3 is 1.84 bits per heavy atom. The number of carboxylic acids is 2. The number of fused-ring (bicyclic) bond motifs is 2. The van der Waals surface area contributed by atoms with Crippen molar-refractivity contribution >= 4 is 57.8 Å². The van der Waals surface area contributed by atoms with Gasteiger partial charge in [0.05, 0.1) is 11.4 Å². The lowest BCUT2D eigenvalue weighted by atomic mass is 9.93. The molecule has 6 heterocycles. The lowest BCUT2D eigenvalue weighted by Gasteiger charge is -2.39. The number of benzene rings is 2. The number of hydrogen-bond donors (Lipinski definition) is 3. The van der Waals surface area contributed by atoms with Gasteiger partial charge in [0.15, 0.2) is 10.0 Å². The molecule has 2 fully saturated rings. The maximum absolute atomic E-state index is 14.0. The fourth-order valence-electron chi connectivity index (χ4n) is 8.65. The zero-order valence-electron chi connectivity index (χ0n) is 30.9. The Kier molecular flexibility index (Phi) is 10.1. The van der Waals surface area contributed by atoms with Crippen LogP contribution in [0.4, 0.5) is 11.4 Å². The van der Waals surface area contributed by atoms with Crippen LogP contribution in [0.15, 0.2) is 36.4 Å². The van der Waals surface area contributed by atoms with Crippen molar-refractivity contribution in [2.75, 3.05) is 36.0 Å². The average molecular weight is 785 g/mol. The zero-order valence-corrected chi connectivity index (χ0v) is 32.5. The lowest BCUT2D eigenvalue weighted by molar-refractivity contribution is -0.191. The van der Waals surface area contributed by atoms with Gasteiger partial charge in [0.25, 0.3) is 11.8 Å². The number of aliphatic hydroxyl groups is 1. The highest BCUT2D eigenvalue weighted by molar-refractivity contribution is 7.14. The van der Waals surface area contributed by atoms with E-state index in [1.807, 2.05) is 43.0 Å². The standard InChI is InChI=1S/C40H44N6O7S2/c1-23-32(21-43-17-5-3-11-31(43)38(49)50)54-34(41-23)36(47)45-19-14-27-25(9-7-12-29(27)45)26-10-8-13-30-28(26)15-20-46(30)37(48)35-42-24(2)33(55-35)22-44-18-6-4-16-40(44,53)39(51)52/h7-10,12-13,31,53H,3-6,11,14-22H2,1-2H3,(H,49,50)(H,51,52)/t31-,40-/m0/s1. The van der Waals surface area contributed by atoms with E-state index in [1.165, 1.54) is 22.7 Å². The van der Waals surface area contributed by atoms with E-state index in [4.69, 9.17) is 0 Å². The van der Waals surface area contributed by atoms with Gasteiger partial charge in [-0.1, -0.05) is 30.7 Å². The number of aliphatic carboxylic acids is 2. The third-order valence-corrected chi connectivity index (χ3v) is 13.9. The summed E-state index contributed by atoms with van der Waals surface area (Å²) >= 11 is 2.60. The van der Waals surface area contributed by atoms with Crippen molar-refractivity contribution in [3.8, 4) is 11.1 Å². The average Bonchev–Trinajstić information content (AvgIpc) is 3.97. The fourth-order valence-corrected chi connectivity index (χ4v) is 10.7. The lowest BCUT2D eigenvalue weighted by Crippen LogP contribution is -2.56. The Labute approximate surface area is 326 Å². The molecule has 2 aromatic heterocycles. The van der Waals surface area contributed by atoms with Crippen molar-refractivity contribution in [2.45, 2.75) is 90.1 Å². The predicted molar refractivity (Wildman–Crippen MR) is 209 cm³/mol. The molecule has 0 spiro atoms. The van der Waals surface area contributed by atoms with Crippen molar-refractivity contribution in [2.24, 2.45) is 0 Å². The minimum atomic E-state index is -1.93. The van der Waals surface area contributed by atoms with Crippen LogP contribution in [0.2, 0.25) is 0 Å². The number of piperidine rings is 2. The van der Waals surface area contributed by atoms with Crippen molar-refractivity contribution in [3.63, 3.8) is 0 Å². The second-order valence-electron chi connectivity index (χ2n) is 14.9. The molecule has 0 bridgehead atoms. The van der Waals surface area contributed by atoms with Crippen LogP contribution < -0.4 is 9.80 Å². The molecule has 0 radical (unpaired) electrons. The van der Waals surface area contributed by atoms with E-state index in [2.05, 4.69) is 22.1 Å². The third-order valence-electron chi connectivity index (χ3n) is 11.6. The molecule has 13 nitrogen and oxygen atoms in total. The van der Waals surface area contributed by atoms with Gasteiger partial charge in [-0.05, 0) is 93.3 Å². The molecule has 3 N–H and O–H groups in total. The van der Waals surface area contributed by atoms with Crippen LogP contribution in [0.1, 0.15) is 90.4 Å². The minimum Gasteiger partial charge on any atom is -0.480 e. The van der Waals surface area contributed by atoms with Crippen LogP contribution in [0, 0.1) is 13.8 Å². The quantitative estimate of drug-likeness (QED) is 0.197. The minimum absolute atomic E-state index is 0.154. The molecule has 0 unspecified atom stereocenters. The number of hydrogen-bond acceptors (Lipinski definition) is 11. The predicted octanol–water partition coefficient (Wildman–Crippen LogP) is 5.49. The van der Waals surface area contributed by atoms with Gasteiger partial charge < -0.3 is 25.1 Å². The van der Waals surface area contributed by atoms with Crippen molar-refractivity contribution in [1.29, 1.82) is 0 Å². The first-order chi connectivity index (χ1) is 26.4. The van der Waals surface area contributed by atoms with Crippen LogP contribution in [-0.4, -0.2) is 96.8 Å². The van der Waals surface area contributed by atoms with E-state index in [0.29, 0.717) is 74.1 Å². The summed E-state index contributed by atoms with van der Waals surface area (Å²) < 4.78 is 0. The largest absolute Gasteiger partial charge is 0.480 e. The van der Waals surface area contributed by atoms with Gasteiger partial charge in [-0.3, -0.25) is 24.2 Å². The molecule has 4 aliphatic heterocycles. The number of anilines is 2. The highest BCUT2D eigenvalue weighted by Crippen LogP contribution is 2.43. The summed E-state index contributed by atoms with van der Waals surface area (Å²) in [4.78, 5) is 69.9. The summed E-state index contributed by atoms with van der Waals surface area (Å²) in [6, 6.07) is 11.5. The molecule has 8 rings (SSSR count). The van der Waals surface area contributed by atoms with Gasteiger partial charge in [0, 0.05) is 60.3 Å². The smallest absolute Gasteiger partial charge is 0.351 e. The van der Waals surface area contributed by atoms with Crippen molar-refractivity contribution in [3.05, 3.63) is 78.7 Å². The van der Waals surface area contributed by atoms with Gasteiger partial charge in [-0.25, -0.2) is 14.8 Å². The molecule has 2 atom stereocenters. The van der Waals surface area contributed by atoms with E-state index < -0.39 is 23.7 Å². The monoisotopic (exact) mass is 784 g/mol. The molecule has 0 saturated carbocycles. The second-order valence-corrected chi connectivity index (χ2v) is 17.1. The number of aromatic nitrogens is 2. The Balaban J connectivity index is 1.01. The number of likely N-dealkylation sites (tertiary alicyclic amines) is 2. The van der Waals surface area contributed by atoms with Crippen LogP contribution in [0.3, 0.4) is 0 Å². The van der Waals surface area contributed by atoms with E-state index in [9.17, 15) is 34.5 Å². The Bertz CT molecular complexity index is 2200. The molecule has 2 aromatic carbocycles. The molecule has 2 amide bonds. The molecule has 0 aliphatic carbocycles. The molecular formula is C40H44N6O7S2. The van der Waals surface area contributed by atoms with Crippen LogP contribution in [-0.2, 0) is 35.5 Å². The maximum atomic E-state index is 14.0. The Morgan fingerprint density at radius 2 is 1.29 bits per heavy atom. The van der Waals surface area contributed by atoms with Gasteiger partial charge in [-0.2, -0.15) is 0 Å². The van der Waals surface area contributed by atoms with E-state index >= 15 is 0 Å². The second kappa shape index (κ2) is 14.8. The van der Waals surface area contributed by atoms with E-state index in [0.717, 1.165) is 68.3 Å². The van der Waals surface area contributed by atoms with Crippen LogP contribution >= 0.6 is 22.7 Å². The molecule has 288 valence electrons. The number of carboxylic acid groups (broad SMARTS) is 2. The molecular weight excluding hydrogens is 741 g/mol. The van der Waals surface area contributed by atoms with Gasteiger partial charge in [-0.15, -0.1) is 22.7 Å². The number of nitrogens with zero attached hydrogens (tertiary/aromatic N) is 6. The highest BCUT2D eigenvalue weighted by Gasteiger charge is 2.44. The number of aryl methyl sites for hydroxylation is 2. The molecule has 55 heavy (non-hydrogen) atoms. The topological polar surface area (TPSA) is 168 Å². The number of carbonyl (C=O) groups excluding carboxylic acids is 2. The van der Waals surface area contributed by atoms with Crippen molar-refractivity contribution in [1.82, 2.24) is 19.8 Å². The SMILES string of the molecule is Cc1nc(C(=O)N2CCc3c(-c4cccc5c4CCN5C(=O)c4nc(C)c(CN5CCCC[C@]5(O)C(=O)O)s4)cccc32)sc1CN1CCCC[C@H]1C(=O)O. The van der Waals surface area contributed by atoms with Crippen LogP contribution in [0.5, 0.6) is 0 Å². The fraction of sp³-hybridized carbons (Fsp3) is 0.450. The number of thiazole rings is 2. The number of rotatable bonds is 9. The molecule has 4 aromatic rings. The van der Waals surface area contributed by atoms with Gasteiger partial charge in [0.2, 0.25) is 5.72 Å². The summed E-state index contributed by atoms with van der Waals surface area (Å²) in [6.45, 7) is 6.52. The van der Waals surface area contributed by atoms with E-state index in [-0.39, 0.29) is 24.8 Å². The highest BCUT2D eigenvalue weighted by atomic mass is 32.1. The first-order valence-corrected chi connectivity index (χ1v) is 20.6. The normalized spacial score (nSPS) is 21.5. The summed E-state index contributed by atoms with van der Waals surface area (Å²) in [5, 5.41) is 31.2.